The van der Waals surface area contributed by atoms with E-state index >= 15 is 0 Å². The molecule has 0 aliphatic heterocycles. The highest BCUT2D eigenvalue weighted by molar-refractivity contribution is 5.84. The zero-order valence-corrected chi connectivity index (χ0v) is 10.6. The standard InChI is InChI=1S/C11H14N6O3/c18-10(7-17-6-8(11(19)20)15-16-17)14-3-1-2-9-12-4-5-13-9/h4-6H,1-3,7H2,(H,12,13)(H,14,18)(H,19,20). The van der Waals surface area contributed by atoms with E-state index in [9.17, 15) is 9.59 Å². The fourth-order valence-electron chi connectivity index (χ4n) is 1.60. The van der Waals surface area contributed by atoms with E-state index in [0.717, 1.165) is 18.7 Å². The van der Waals surface area contributed by atoms with Crippen LogP contribution < -0.4 is 5.32 Å². The Morgan fingerprint density at radius 3 is 2.95 bits per heavy atom. The second-order valence-corrected chi connectivity index (χ2v) is 4.10. The Morgan fingerprint density at radius 1 is 1.45 bits per heavy atom. The molecule has 2 rings (SSSR count). The third-order valence-corrected chi connectivity index (χ3v) is 2.53. The molecule has 0 unspecified atom stereocenters. The van der Waals surface area contributed by atoms with Crippen molar-refractivity contribution in [3.05, 3.63) is 30.1 Å². The van der Waals surface area contributed by atoms with Crippen LogP contribution in [0.4, 0.5) is 0 Å². The highest BCUT2D eigenvalue weighted by Crippen LogP contribution is 1.94. The van der Waals surface area contributed by atoms with E-state index in [0.29, 0.717) is 6.54 Å². The van der Waals surface area contributed by atoms with Crippen molar-refractivity contribution in [3.8, 4) is 0 Å². The van der Waals surface area contributed by atoms with Crippen molar-refractivity contribution in [2.45, 2.75) is 19.4 Å². The molecule has 3 N–H and O–H groups in total. The van der Waals surface area contributed by atoms with Gasteiger partial charge in [0.15, 0.2) is 5.69 Å². The van der Waals surface area contributed by atoms with Gasteiger partial charge < -0.3 is 15.4 Å². The third kappa shape index (κ3) is 3.90. The maximum absolute atomic E-state index is 11.6. The van der Waals surface area contributed by atoms with E-state index in [4.69, 9.17) is 5.11 Å². The number of carbonyl (C=O) groups is 2. The number of aromatic amines is 1. The van der Waals surface area contributed by atoms with Crippen molar-refractivity contribution < 1.29 is 14.7 Å². The summed E-state index contributed by atoms with van der Waals surface area (Å²) in [6.07, 6.45) is 6.15. The Balaban J connectivity index is 1.68. The molecule has 0 saturated carbocycles. The Hall–Kier alpha value is -2.71. The number of carbonyl (C=O) groups excluding carboxylic acids is 1. The summed E-state index contributed by atoms with van der Waals surface area (Å²) in [7, 11) is 0. The summed E-state index contributed by atoms with van der Waals surface area (Å²) in [5.41, 5.74) is -0.185. The number of aryl methyl sites for hydroxylation is 1. The zero-order valence-electron chi connectivity index (χ0n) is 10.6. The summed E-state index contributed by atoms with van der Waals surface area (Å²) in [6.45, 7) is 0.459. The number of aromatic carboxylic acids is 1. The second-order valence-electron chi connectivity index (χ2n) is 4.10. The van der Waals surface area contributed by atoms with Crippen LogP contribution in [0.5, 0.6) is 0 Å². The largest absolute Gasteiger partial charge is 0.476 e. The highest BCUT2D eigenvalue weighted by Gasteiger charge is 2.10. The lowest BCUT2D eigenvalue weighted by atomic mass is 10.3. The average Bonchev–Trinajstić information content (AvgIpc) is 3.05. The van der Waals surface area contributed by atoms with Crippen LogP contribution in [-0.2, 0) is 17.8 Å². The monoisotopic (exact) mass is 278 g/mol. The molecule has 0 spiro atoms. The predicted molar refractivity (Wildman–Crippen MR) is 66.9 cm³/mol. The molecule has 2 heterocycles. The van der Waals surface area contributed by atoms with Gasteiger partial charge >= 0.3 is 5.97 Å². The molecule has 0 bridgehead atoms. The maximum atomic E-state index is 11.6. The lowest BCUT2D eigenvalue weighted by molar-refractivity contribution is -0.121. The van der Waals surface area contributed by atoms with Gasteiger partial charge in [-0.15, -0.1) is 5.10 Å². The van der Waals surface area contributed by atoms with Gasteiger partial charge in [0, 0.05) is 25.4 Å². The summed E-state index contributed by atoms with van der Waals surface area (Å²) in [5.74, 6) is -0.539. The molecule has 0 radical (unpaired) electrons. The number of carboxylic acid groups (broad SMARTS) is 1. The van der Waals surface area contributed by atoms with E-state index in [1.54, 1.807) is 12.4 Å². The first-order valence-electron chi connectivity index (χ1n) is 6.03. The number of aromatic nitrogens is 5. The molecule has 1 amide bonds. The third-order valence-electron chi connectivity index (χ3n) is 2.53. The van der Waals surface area contributed by atoms with Crippen molar-refractivity contribution in [1.29, 1.82) is 0 Å². The van der Waals surface area contributed by atoms with Crippen molar-refractivity contribution in [3.63, 3.8) is 0 Å². The number of H-pyrrole nitrogens is 1. The van der Waals surface area contributed by atoms with E-state index < -0.39 is 5.97 Å². The van der Waals surface area contributed by atoms with Gasteiger partial charge in [0.25, 0.3) is 0 Å². The first kappa shape index (κ1) is 13.7. The van der Waals surface area contributed by atoms with E-state index in [1.165, 1.54) is 10.9 Å². The Labute approximate surface area is 114 Å². The smallest absolute Gasteiger partial charge is 0.358 e. The van der Waals surface area contributed by atoms with Crippen molar-refractivity contribution in [2.75, 3.05) is 6.54 Å². The first-order chi connectivity index (χ1) is 9.65. The predicted octanol–water partition coefficient (Wildman–Crippen LogP) is -0.552. The van der Waals surface area contributed by atoms with Crippen molar-refractivity contribution in [2.24, 2.45) is 0 Å². The number of nitrogens with zero attached hydrogens (tertiary/aromatic N) is 4. The molecule has 0 fully saturated rings. The van der Waals surface area contributed by atoms with Crippen LogP contribution in [0.3, 0.4) is 0 Å². The minimum Gasteiger partial charge on any atom is -0.476 e. The number of hydrogen-bond acceptors (Lipinski definition) is 5. The number of amides is 1. The molecule has 2 aromatic rings. The topological polar surface area (TPSA) is 126 Å². The number of nitrogens with one attached hydrogen (secondary N) is 2. The number of carboxylic acids is 1. The molecule has 9 nitrogen and oxygen atoms in total. The van der Waals surface area contributed by atoms with Crippen LogP contribution in [0.25, 0.3) is 0 Å². The quantitative estimate of drug-likeness (QED) is 0.583. The van der Waals surface area contributed by atoms with Crippen molar-refractivity contribution >= 4 is 11.9 Å². The highest BCUT2D eigenvalue weighted by atomic mass is 16.4. The normalized spacial score (nSPS) is 10.4. The molecule has 106 valence electrons. The molecule has 20 heavy (non-hydrogen) atoms. The van der Waals surface area contributed by atoms with Crippen LogP contribution in [0.1, 0.15) is 22.7 Å². The van der Waals surface area contributed by atoms with Gasteiger partial charge in [-0.2, -0.15) is 0 Å². The summed E-state index contributed by atoms with van der Waals surface area (Å²) >= 11 is 0. The van der Waals surface area contributed by atoms with Crippen LogP contribution in [0.2, 0.25) is 0 Å². The lowest BCUT2D eigenvalue weighted by Gasteiger charge is -2.03. The van der Waals surface area contributed by atoms with E-state index in [1.807, 2.05) is 0 Å². The number of imidazole rings is 1. The number of rotatable bonds is 7. The Kier molecular flexibility index (Phi) is 4.43. The van der Waals surface area contributed by atoms with Gasteiger partial charge in [0.2, 0.25) is 5.91 Å². The van der Waals surface area contributed by atoms with Gasteiger partial charge in [0.05, 0.1) is 6.20 Å². The summed E-state index contributed by atoms with van der Waals surface area (Å²) in [6, 6.07) is 0. The molecule has 2 aromatic heterocycles. The second kappa shape index (κ2) is 6.45. The molecule has 0 atom stereocenters. The molecule has 0 aliphatic rings. The fourth-order valence-corrected chi connectivity index (χ4v) is 1.60. The van der Waals surface area contributed by atoms with Gasteiger partial charge in [-0.25, -0.2) is 14.5 Å². The van der Waals surface area contributed by atoms with Crippen LogP contribution in [0.15, 0.2) is 18.6 Å². The number of hydrogen-bond donors (Lipinski definition) is 3. The van der Waals surface area contributed by atoms with Crippen molar-refractivity contribution in [1.82, 2.24) is 30.3 Å². The molecule has 0 aromatic carbocycles. The minimum absolute atomic E-state index is 0.0545. The first-order valence-corrected chi connectivity index (χ1v) is 6.03. The molecule has 0 saturated heterocycles. The van der Waals surface area contributed by atoms with Gasteiger partial charge in [0.1, 0.15) is 12.4 Å². The molecule has 0 aliphatic carbocycles. The molecular weight excluding hydrogens is 264 g/mol. The Morgan fingerprint density at radius 2 is 2.30 bits per heavy atom. The summed E-state index contributed by atoms with van der Waals surface area (Å²) in [4.78, 5) is 29.2. The summed E-state index contributed by atoms with van der Waals surface area (Å²) < 4.78 is 1.19. The molecule has 9 heteroatoms. The molecular formula is C11H14N6O3. The van der Waals surface area contributed by atoms with E-state index in [-0.39, 0.29) is 18.1 Å². The SMILES string of the molecule is O=C(Cn1cc(C(=O)O)nn1)NCCCc1ncc[nH]1. The average molecular weight is 278 g/mol. The lowest BCUT2D eigenvalue weighted by Crippen LogP contribution is -2.29. The van der Waals surface area contributed by atoms with Gasteiger partial charge in [-0.3, -0.25) is 4.79 Å². The van der Waals surface area contributed by atoms with E-state index in [2.05, 4.69) is 25.6 Å². The minimum atomic E-state index is -1.17. The van der Waals surface area contributed by atoms with Gasteiger partial charge in [-0.05, 0) is 6.42 Å². The Bertz CT molecular complexity index is 577. The zero-order chi connectivity index (χ0) is 14.4. The fraction of sp³-hybridized carbons (Fsp3) is 0.364. The van der Waals surface area contributed by atoms with Crippen LogP contribution >= 0.6 is 0 Å². The van der Waals surface area contributed by atoms with Crippen LogP contribution in [-0.4, -0.2) is 48.5 Å². The van der Waals surface area contributed by atoms with Crippen LogP contribution in [0, 0.1) is 0 Å². The maximum Gasteiger partial charge on any atom is 0.358 e. The van der Waals surface area contributed by atoms with Gasteiger partial charge in [-0.1, -0.05) is 5.21 Å². The summed E-state index contributed by atoms with van der Waals surface area (Å²) in [5, 5.41) is 18.4.